The lowest BCUT2D eigenvalue weighted by molar-refractivity contribution is 0.329. The van der Waals surface area contributed by atoms with Crippen LogP contribution in [0.25, 0.3) is 0 Å². The third-order valence-electron chi connectivity index (χ3n) is 4.77. The Morgan fingerprint density at radius 3 is 2.61 bits per heavy atom. The Morgan fingerprint density at radius 1 is 1.18 bits per heavy atom. The molecule has 2 aromatic rings. The number of aryl methyl sites for hydroxylation is 1. The lowest BCUT2D eigenvalue weighted by atomic mass is 10.1. The van der Waals surface area contributed by atoms with Crippen molar-refractivity contribution in [2.24, 2.45) is 0 Å². The van der Waals surface area contributed by atoms with Gasteiger partial charge in [0.2, 0.25) is 0 Å². The summed E-state index contributed by atoms with van der Waals surface area (Å²) in [7, 11) is -1.58. The molecule has 0 saturated heterocycles. The smallest absolute Gasteiger partial charge is 0.148 e. The summed E-state index contributed by atoms with van der Waals surface area (Å²) in [6, 6.07) is 11.8. The minimum atomic E-state index is -3.45. The highest BCUT2D eigenvalue weighted by Gasteiger charge is 2.39. The molecular formula is C20H25FN4O2S. The molecule has 2 aromatic carbocycles. The molecule has 0 radical (unpaired) electrons. The van der Waals surface area contributed by atoms with Gasteiger partial charge in [-0.3, -0.25) is 9.11 Å². The minimum absolute atomic E-state index is 0.108. The number of halogens is 1. The van der Waals surface area contributed by atoms with Crippen molar-refractivity contribution >= 4 is 22.3 Å². The molecule has 0 aliphatic carbocycles. The van der Waals surface area contributed by atoms with Crippen molar-refractivity contribution < 1.29 is 13.5 Å². The van der Waals surface area contributed by atoms with Gasteiger partial charge in [0.05, 0.1) is 23.0 Å². The number of rotatable bonds is 6. The fourth-order valence-electron chi connectivity index (χ4n) is 3.33. The standard InChI is InChI=1S/C20H25FN4O2S/c1-15-5-7-20(18(21)11-15)25-19-8-6-16(13-22)12-17(19)14-24(28(25,26)27)10-4-3-9-23-2/h5-8,11-12,23,26-27H,3-4,9-10,14H2,1-2H3. The summed E-state index contributed by atoms with van der Waals surface area (Å²) in [5.74, 6) is -0.521. The van der Waals surface area contributed by atoms with Crippen LogP contribution >= 0.6 is 11.0 Å². The van der Waals surface area contributed by atoms with Gasteiger partial charge in [-0.25, -0.2) is 8.70 Å². The van der Waals surface area contributed by atoms with Gasteiger partial charge in [0, 0.05) is 13.1 Å². The van der Waals surface area contributed by atoms with Crippen molar-refractivity contribution in [3.63, 3.8) is 0 Å². The van der Waals surface area contributed by atoms with Crippen LogP contribution in [0.4, 0.5) is 15.8 Å². The van der Waals surface area contributed by atoms with Crippen LogP contribution in [-0.2, 0) is 6.54 Å². The molecule has 0 unspecified atom stereocenters. The molecular weight excluding hydrogens is 379 g/mol. The third-order valence-corrected chi connectivity index (χ3v) is 6.66. The topological polar surface area (TPSA) is 82.8 Å². The Balaban J connectivity index is 2.05. The maximum absolute atomic E-state index is 14.8. The normalized spacial score (nSPS) is 17.1. The number of hydrogen-bond acceptors (Lipinski definition) is 6. The Labute approximate surface area is 166 Å². The number of nitrogens with one attached hydrogen (secondary N) is 1. The molecule has 0 atom stereocenters. The highest BCUT2D eigenvalue weighted by Crippen LogP contribution is 2.59. The number of hydrogen-bond donors (Lipinski definition) is 3. The van der Waals surface area contributed by atoms with Crippen LogP contribution in [0.2, 0.25) is 0 Å². The van der Waals surface area contributed by atoms with Gasteiger partial charge in [-0.15, -0.1) is 0 Å². The van der Waals surface area contributed by atoms with Crippen molar-refractivity contribution in [2.75, 3.05) is 24.4 Å². The molecule has 1 heterocycles. The molecule has 150 valence electrons. The minimum Gasteiger partial charge on any atom is -0.320 e. The summed E-state index contributed by atoms with van der Waals surface area (Å²) in [4.78, 5) is 0. The molecule has 0 aromatic heterocycles. The zero-order chi connectivity index (χ0) is 20.3. The number of fused-ring (bicyclic) bond motifs is 1. The first-order valence-corrected chi connectivity index (χ1v) is 10.6. The highest BCUT2D eigenvalue weighted by molar-refractivity contribution is 8.23. The second-order valence-corrected chi connectivity index (χ2v) is 8.73. The average molecular weight is 405 g/mol. The van der Waals surface area contributed by atoms with Gasteiger partial charge >= 0.3 is 0 Å². The predicted octanol–water partition coefficient (Wildman–Crippen LogP) is 4.54. The zero-order valence-electron chi connectivity index (χ0n) is 16.0. The van der Waals surface area contributed by atoms with E-state index in [1.165, 1.54) is 10.4 Å². The van der Waals surface area contributed by atoms with Crippen molar-refractivity contribution in [3.8, 4) is 6.07 Å². The van der Waals surface area contributed by atoms with Crippen molar-refractivity contribution in [1.82, 2.24) is 9.62 Å². The molecule has 1 aliphatic heterocycles. The molecule has 3 N–H and O–H groups in total. The fraction of sp³-hybridized carbons (Fsp3) is 0.350. The first-order chi connectivity index (χ1) is 13.4. The highest BCUT2D eigenvalue weighted by atomic mass is 32.3. The van der Waals surface area contributed by atoms with Gasteiger partial charge in [0.15, 0.2) is 0 Å². The fourth-order valence-corrected chi connectivity index (χ4v) is 5.10. The van der Waals surface area contributed by atoms with Crippen LogP contribution in [0, 0.1) is 24.1 Å². The lowest BCUT2D eigenvalue weighted by Crippen LogP contribution is -2.42. The van der Waals surface area contributed by atoms with E-state index in [0.717, 1.165) is 30.5 Å². The third kappa shape index (κ3) is 3.99. The van der Waals surface area contributed by atoms with E-state index < -0.39 is 16.8 Å². The van der Waals surface area contributed by atoms with E-state index in [-0.39, 0.29) is 12.2 Å². The van der Waals surface area contributed by atoms with Crippen LogP contribution in [0.5, 0.6) is 0 Å². The summed E-state index contributed by atoms with van der Waals surface area (Å²) < 4.78 is 39.8. The second-order valence-electron chi connectivity index (χ2n) is 6.87. The van der Waals surface area contributed by atoms with E-state index in [2.05, 4.69) is 11.4 Å². The second kappa shape index (κ2) is 8.47. The Kier molecular flexibility index (Phi) is 6.23. The van der Waals surface area contributed by atoms with Gasteiger partial charge in [0.1, 0.15) is 5.82 Å². The van der Waals surface area contributed by atoms with Crippen LogP contribution in [0.15, 0.2) is 36.4 Å². The van der Waals surface area contributed by atoms with Gasteiger partial charge in [-0.1, -0.05) is 6.07 Å². The Morgan fingerprint density at radius 2 is 1.93 bits per heavy atom. The van der Waals surface area contributed by atoms with E-state index in [9.17, 15) is 18.8 Å². The SMILES string of the molecule is CNCCCCN1Cc2cc(C#N)ccc2N(c2ccc(C)cc2F)S1(O)O. The van der Waals surface area contributed by atoms with Gasteiger partial charge in [-0.2, -0.15) is 9.57 Å². The average Bonchev–Trinajstić information content (AvgIpc) is 2.66. The first kappa shape index (κ1) is 20.6. The zero-order valence-corrected chi connectivity index (χ0v) is 16.8. The van der Waals surface area contributed by atoms with Gasteiger partial charge in [-0.05, 0) is 85.8 Å². The Bertz CT molecular complexity index is 900. The van der Waals surface area contributed by atoms with Crippen LogP contribution in [0.3, 0.4) is 0 Å². The molecule has 0 fully saturated rings. The first-order valence-electron chi connectivity index (χ1n) is 9.16. The quantitative estimate of drug-likeness (QED) is 0.613. The molecule has 0 amide bonds. The van der Waals surface area contributed by atoms with E-state index in [1.54, 1.807) is 41.6 Å². The van der Waals surface area contributed by atoms with E-state index >= 15 is 0 Å². The number of unbranched alkanes of at least 4 members (excludes halogenated alkanes) is 1. The summed E-state index contributed by atoms with van der Waals surface area (Å²) in [5.41, 5.74) is 2.61. The molecule has 0 bridgehead atoms. The summed E-state index contributed by atoms with van der Waals surface area (Å²) in [6.07, 6.45) is 1.64. The number of nitrogens with zero attached hydrogens (tertiary/aromatic N) is 3. The van der Waals surface area contributed by atoms with Crippen molar-refractivity contribution in [1.29, 1.82) is 5.26 Å². The maximum atomic E-state index is 14.8. The van der Waals surface area contributed by atoms with E-state index in [4.69, 9.17) is 0 Å². The maximum Gasteiger partial charge on any atom is 0.148 e. The lowest BCUT2D eigenvalue weighted by Gasteiger charge is -2.54. The van der Waals surface area contributed by atoms with Crippen LogP contribution < -0.4 is 9.62 Å². The van der Waals surface area contributed by atoms with Crippen LogP contribution in [-0.4, -0.2) is 33.5 Å². The molecule has 0 spiro atoms. The molecule has 0 saturated carbocycles. The molecule has 3 rings (SSSR count). The Hall–Kier alpha value is -2.15. The summed E-state index contributed by atoms with van der Waals surface area (Å²) >= 11 is 0. The predicted molar refractivity (Wildman–Crippen MR) is 111 cm³/mol. The molecule has 8 heteroatoms. The van der Waals surface area contributed by atoms with E-state index in [1.807, 2.05) is 7.05 Å². The molecule has 1 aliphatic rings. The monoisotopic (exact) mass is 404 g/mol. The summed E-state index contributed by atoms with van der Waals surface area (Å²) in [6.45, 7) is 3.35. The van der Waals surface area contributed by atoms with Gasteiger partial charge in [0.25, 0.3) is 0 Å². The van der Waals surface area contributed by atoms with Gasteiger partial charge < -0.3 is 5.32 Å². The van der Waals surface area contributed by atoms with Crippen molar-refractivity contribution in [3.05, 3.63) is 58.9 Å². The number of benzene rings is 2. The summed E-state index contributed by atoms with van der Waals surface area (Å²) in [5, 5.41) is 12.3. The van der Waals surface area contributed by atoms with E-state index in [0.29, 0.717) is 17.8 Å². The number of nitriles is 1. The molecule has 28 heavy (non-hydrogen) atoms. The van der Waals surface area contributed by atoms with Crippen molar-refractivity contribution in [2.45, 2.75) is 26.3 Å². The largest absolute Gasteiger partial charge is 0.320 e. The van der Waals surface area contributed by atoms with Crippen LogP contribution in [0.1, 0.15) is 29.5 Å². The number of anilines is 2. The molecule has 6 nitrogen and oxygen atoms in total.